The maximum absolute atomic E-state index is 11.9. The molecule has 1 aromatic rings. The van der Waals surface area contributed by atoms with Crippen LogP contribution in [0, 0.1) is 31.1 Å². The zero-order valence-electron chi connectivity index (χ0n) is 9.79. The van der Waals surface area contributed by atoms with E-state index in [1.165, 1.54) is 0 Å². The number of halogens is 1. The van der Waals surface area contributed by atoms with Gasteiger partial charge < -0.3 is 4.90 Å². The van der Waals surface area contributed by atoms with Gasteiger partial charge in [0.2, 0.25) is 5.91 Å². The predicted octanol–water partition coefficient (Wildman–Crippen LogP) is 2.98. The predicted molar refractivity (Wildman–Crippen MR) is 72.8 cm³/mol. The standard InChI is InChI=1S/C12H13BrN2OS/c1-7-8(2)17-12(10(7)5-14)15-6-9(4-13)3-11(15)16/h9H,3-4,6H2,1-2H3. The van der Waals surface area contributed by atoms with Crippen molar-refractivity contribution in [3.8, 4) is 6.07 Å². The maximum Gasteiger partial charge on any atom is 0.228 e. The summed E-state index contributed by atoms with van der Waals surface area (Å²) in [5.41, 5.74) is 1.67. The number of rotatable bonds is 2. The Kier molecular flexibility index (Phi) is 3.55. The van der Waals surface area contributed by atoms with Gasteiger partial charge in [-0.3, -0.25) is 4.79 Å². The van der Waals surface area contributed by atoms with Gasteiger partial charge in [-0.15, -0.1) is 11.3 Å². The third-order valence-electron chi connectivity index (χ3n) is 3.15. The molecular formula is C12H13BrN2OS. The molecule has 0 radical (unpaired) electrons. The van der Waals surface area contributed by atoms with Gasteiger partial charge in [0, 0.05) is 23.2 Å². The normalized spacial score (nSPS) is 19.8. The van der Waals surface area contributed by atoms with Crippen LogP contribution in [0.15, 0.2) is 0 Å². The van der Waals surface area contributed by atoms with E-state index in [4.69, 9.17) is 0 Å². The molecule has 17 heavy (non-hydrogen) atoms. The first-order chi connectivity index (χ1) is 8.08. The number of thiophene rings is 1. The van der Waals surface area contributed by atoms with Crippen molar-refractivity contribution in [2.24, 2.45) is 5.92 Å². The third kappa shape index (κ3) is 2.12. The van der Waals surface area contributed by atoms with Crippen molar-refractivity contribution in [1.29, 1.82) is 5.26 Å². The summed E-state index contributed by atoms with van der Waals surface area (Å²) in [6.07, 6.45) is 0.576. The summed E-state index contributed by atoms with van der Waals surface area (Å²) < 4.78 is 0. The average molecular weight is 313 g/mol. The fourth-order valence-electron chi connectivity index (χ4n) is 2.01. The van der Waals surface area contributed by atoms with Gasteiger partial charge in [0.15, 0.2) is 0 Å². The van der Waals surface area contributed by atoms with Crippen molar-refractivity contribution in [3.05, 3.63) is 16.0 Å². The van der Waals surface area contributed by atoms with Gasteiger partial charge in [-0.25, -0.2) is 0 Å². The van der Waals surface area contributed by atoms with E-state index in [1.54, 1.807) is 16.2 Å². The lowest BCUT2D eigenvalue weighted by atomic mass is 10.1. The van der Waals surface area contributed by atoms with Crippen LogP contribution >= 0.6 is 27.3 Å². The summed E-state index contributed by atoms with van der Waals surface area (Å²) >= 11 is 4.96. The molecule has 90 valence electrons. The van der Waals surface area contributed by atoms with E-state index in [1.807, 2.05) is 13.8 Å². The maximum atomic E-state index is 11.9. The minimum Gasteiger partial charge on any atom is -0.302 e. The lowest BCUT2D eigenvalue weighted by Crippen LogP contribution is -2.24. The smallest absolute Gasteiger partial charge is 0.228 e. The Morgan fingerprint density at radius 2 is 2.29 bits per heavy atom. The molecule has 2 rings (SSSR count). The van der Waals surface area contributed by atoms with E-state index in [-0.39, 0.29) is 5.91 Å². The minimum absolute atomic E-state index is 0.132. The molecule has 1 saturated heterocycles. The fourth-order valence-corrected chi connectivity index (χ4v) is 3.58. The highest BCUT2D eigenvalue weighted by Crippen LogP contribution is 2.38. The first-order valence-corrected chi connectivity index (χ1v) is 7.38. The lowest BCUT2D eigenvalue weighted by molar-refractivity contribution is -0.117. The van der Waals surface area contributed by atoms with Crippen LogP contribution in [0.4, 0.5) is 5.00 Å². The second-order valence-corrected chi connectivity index (χ2v) is 6.15. The van der Waals surface area contributed by atoms with Crippen molar-refractivity contribution >= 4 is 38.2 Å². The summed E-state index contributed by atoms with van der Waals surface area (Å²) in [6, 6.07) is 2.22. The summed E-state index contributed by atoms with van der Waals surface area (Å²) in [6.45, 7) is 4.65. The van der Waals surface area contributed by atoms with Gasteiger partial charge >= 0.3 is 0 Å². The number of anilines is 1. The van der Waals surface area contributed by atoms with Crippen molar-refractivity contribution in [1.82, 2.24) is 0 Å². The molecule has 0 aromatic carbocycles. The number of alkyl halides is 1. The largest absolute Gasteiger partial charge is 0.302 e. The van der Waals surface area contributed by atoms with Crippen LogP contribution in [0.25, 0.3) is 0 Å². The second-order valence-electron chi connectivity index (χ2n) is 4.30. The molecule has 1 aromatic heterocycles. The van der Waals surface area contributed by atoms with Gasteiger partial charge in [0.1, 0.15) is 11.1 Å². The zero-order chi connectivity index (χ0) is 12.6. The number of carbonyl (C=O) groups excluding carboxylic acids is 1. The Bertz CT molecular complexity index is 503. The summed E-state index contributed by atoms with van der Waals surface area (Å²) in [5.74, 6) is 0.490. The number of hydrogen-bond acceptors (Lipinski definition) is 3. The van der Waals surface area contributed by atoms with E-state index < -0.39 is 0 Å². The number of nitrogens with zero attached hydrogens (tertiary/aromatic N) is 2. The first kappa shape index (κ1) is 12.6. The van der Waals surface area contributed by atoms with Crippen molar-refractivity contribution in [2.45, 2.75) is 20.3 Å². The number of nitriles is 1. The van der Waals surface area contributed by atoms with Gasteiger partial charge in [0.25, 0.3) is 0 Å². The molecule has 1 fully saturated rings. The number of aryl methyl sites for hydroxylation is 1. The van der Waals surface area contributed by atoms with E-state index in [0.29, 0.717) is 17.9 Å². The summed E-state index contributed by atoms with van der Waals surface area (Å²) in [5, 5.41) is 10.9. The van der Waals surface area contributed by atoms with Crippen molar-refractivity contribution in [3.63, 3.8) is 0 Å². The molecule has 0 bridgehead atoms. The molecule has 0 saturated carbocycles. The average Bonchev–Trinajstić information content (AvgIpc) is 2.81. The molecule has 0 spiro atoms. The van der Waals surface area contributed by atoms with Crippen LogP contribution in [-0.4, -0.2) is 17.8 Å². The molecule has 0 N–H and O–H groups in total. The second kappa shape index (κ2) is 4.79. The van der Waals surface area contributed by atoms with Crippen LogP contribution in [0.1, 0.15) is 22.4 Å². The van der Waals surface area contributed by atoms with E-state index in [2.05, 4.69) is 22.0 Å². The first-order valence-electron chi connectivity index (χ1n) is 5.44. The molecule has 1 aliphatic rings. The van der Waals surface area contributed by atoms with Gasteiger partial charge in [-0.1, -0.05) is 15.9 Å². The molecule has 1 amide bonds. The molecule has 3 nitrogen and oxygen atoms in total. The molecule has 1 aliphatic heterocycles. The zero-order valence-corrected chi connectivity index (χ0v) is 12.2. The Balaban J connectivity index is 2.39. The highest BCUT2D eigenvalue weighted by molar-refractivity contribution is 9.09. The van der Waals surface area contributed by atoms with Gasteiger partial charge in [0.05, 0.1) is 5.56 Å². The van der Waals surface area contributed by atoms with Gasteiger partial charge in [-0.05, 0) is 25.3 Å². The number of amides is 1. The fraction of sp³-hybridized carbons (Fsp3) is 0.500. The Hall–Kier alpha value is -0.860. The monoisotopic (exact) mass is 312 g/mol. The van der Waals surface area contributed by atoms with E-state index in [0.717, 1.165) is 27.3 Å². The summed E-state index contributed by atoms with van der Waals surface area (Å²) in [7, 11) is 0. The Labute approximate surface area is 113 Å². The van der Waals surface area contributed by atoms with Gasteiger partial charge in [-0.2, -0.15) is 5.26 Å². The molecular weight excluding hydrogens is 300 g/mol. The van der Waals surface area contributed by atoms with Crippen LogP contribution in [0.2, 0.25) is 0 Å². The third-order valence-corrected chi connectivity index (χ3v) is 5.29. The number of carbonyl (C=O) groups is 1. The quantitative estimate of drug-likeness (QED) is 0.788. The SMILES string of the molecule is Cc1sc(N2CC(CBr)CC2=O)c(C#N)c1C. The molecule has 1 unspecified atom stereocenters. The van der Waals surface area contributed by atoms with E-state index in [9.17, 15) is 10.1 Å². The van der Waals surface area contributed by atoms with E-state index >= 15 is 0 Å². The topological polar surface area (TPSA) is 44.1 Å². The van der Waals surface area contributed by atoms with Crippen LogP contribution < -0.4 is 4.90 Å². The highest BCUT2D eigenvalue weighted by Gasteiger charge is 2.32. The number of hydrogen-bond donors (Lipinski definition) is 0. The molecule has 5 heteroatoms. The van der Waals surface area contributed by atoms with Crippen molar-refractivity contribution < 1.29 is 4.79 Å². The van der Waals surface area contributed by atoms with Crippen LogP contribution in [0.5, 0.6) is 0 Å². The van der Waals surface area contributed by atoms with Crippen molar-refractivity contribution in [2.75, 3.05) is 16.8 Å². The minimum atomic E-state index is 0.132. The Morgan fingerprint density at radius 3 is 2.82 bits per heavy atom. The lowest BCUT2D eigenvalue weighted by Gasteiger charge is -2.14. The Morgan fingerprint density at radius 1 is 1.59 bits per heavy atom. The van der Waals surface area contributed by atoms with Crippen LogP contribution in [0.3, 0.4) is 0 Å². The summed E-state index contributed by atoms with van der Waals surface area (Å²) in [4.78, 5) is 14.8. The van der Waals surface area contributed by atoms with Crippen LogP contribution in [-0.2, 0) is 4.79 Å². The molecule has 1 atom stereocenters. The highest BCUT2D eigenvalue weighted by atomic mass is 79.9. The molecule has 2 heterocycles. The molecule has 0 aliphatic carbocycles.